The fourth-order valence-corrected chi connectivity index (χ4v) is 2.30. The molecule has 0 atom stereocenters. The van der Waals surface area contributed by atoms with Crippen LogP contribution in [0.2, 0.25) is 0 Å². The number of rotatable bonds is 3. The number of carbonyl (C=O) groups excluding carboxylic acids is 1. The van der Waals surface area contributed by atoms with Crippen molar-refractivity contribution in [1.29, 1.82) is 0 Å². The highest BCUT2D eigenvalue weighted by Gasteiger charge is 2.18. The second-order valence-electron chi connectivity index (χ2n) is 4.71. The highest BCUT2D eigenvalue weighted by molar-refractivity contribution is 6.00. The minimum absolute atomic E-state index is 0.263. The van der Waals surface area contributed by atoms with Crippen molar-refractivity contribution >= 4 is 5.78 Å². The second kappa shape index (κ2) is 5.49. The Morgan fingerprint density at radius 2 is 1.50 bits per heavy atom. The third kappa shape index (κ3) is 2.74. The lowest BCUT2D eigenvalue weighted by Crippen LogP contribution is -2.11. The summed E-state index contributed by atoms with van der Waals surface area (Å²) in [4.78, 5) is 12.2. The summed E-state index contributed by atoms with van der Waals surface area (Å²) in [6, 6.07) is 5.93. The summed E-state index contributed by atoms with van der Waals surface area (Å²) in [6.45, 7) is 3.20. The Bertz CT molecular complexity index is 634. The molecular formula is C16H13F3O. The van der Waals surface area contributed by atoms with Gasteiger partial charge in [0, 0.05) is 17.5 Å². The van der Waals surface area contributed by atoms with Crippen LogP contribution < -0.4 is 0 Å². The Morgan fingerprint density at radius 1 is 1.00 bits per heavy atom. The van der Waals surface area contributed by atoms with Crippen molar-refractivity contribution in [2.24, 2.45) is 0 Å². The number of aryl methyl sites for hydroxylation is 2. The molecule has 0 aliphatic rings. The lowest BCUT2D eigenvalue weighted by atomic mass is 9.94. The van der Waals surface area contributed by atoms with Gasteiger partial charge in [0.05, 0.1) is 0 Å². The second-order valence-corrected chi connectivity index (χ2v) is 4.71. The van der Waals surface area contributed by atoms with Crippen molar-refractivity contribution in [2.75, 3.05) is 0 Å². The topological polar surface area (TPSA) is 17.1 Å². The third-order valence-electron chi connectivity index (χ3n) is 3.18. The summed E-state index contributed by atoms with van der Waals surface area (Å²) in [5, 5.41) is 0. The zero-order chi connectivity index (χ0) is 14.9. The van der Waals surface area contributed by atoms with E-state index in [9.17, 15) is 18.0 Å². The molecule has 0 radical (unpaired) electrons. The number of Topliss-reactive ketones (excluding diaryl/α,β-unsaturated/α-hetero) is 1. The normalized spacial score (nSPS) is 10.7. The van der Waals surface area contributed by atoms with Crippen LogP contribution in [0.25, 0.3) is 0 Å². The van der Waals surface area contributed by atoms with Crippen molar-refractivity contribution in [3.05, 3.63) is 70.0 Å². The molecule has 0 bridgehead atoms. The first-order chi connectivity index (χ1) is 9.40. The molecule has 104 valence electrons. The van der Waals surface area contributed by atoms with Crippen LogP contribution in [-0.4, -0.2) is 5.78 Å². The maximum absolute atomic E-state index is 13.5. The molecule has 2 rings (SSSR count). The highest BCUT2D eigenvalue weighted by atomic mass is 19.1. The SMILES string of the molecule is Cc1cc(F)cc(C)c1C(=O)Cc1c(F)cccc1F. The Balaban J connectivity index is 2.39. The maximum atomic E-state index is 13.5. The van der Waals surface area contributed by atoms with Gasteiger partial charge in [-0.25, -0.2) is 13.2 Å². The van der Waals surface area contributed by atoms with E-state index in [0.29, 0.717) is 16.7 Å². The molecule has 0 heterocycles. The fraction of sp³-hybridized carbons (Fsp3) is 0.188. The Hall–Kier alpha value is -2.10. The molecule has 0 aromatic heterocycles. The molecule has 0 saturated heterocycles. The van der Waals surface area contributed by atoms with Gasteiger partial charge in [-0.05, 0) is 49.2 Å². The van der Waals surface area contributed by atoms with E-state index in [2.05, 4.69) is 0 Å². The van der Waals surface area contributed by atoms with Gasteiger partial charge in [-0.15, -0.1) is 0 Å². The number of hydrogen-bond donors (Lipinski definition) is 0. The largest absolute Gasteiger partial charge is 0.294 e. The zero-order valence-electron chi connectivity index (χ0n) is 11.1. The first-order valence-electron chi connectivity index (χ1n) is 6.13. The van der Waals surface area contributed by atoms with E-state index in [1.807, 2.05) is 0 Å². The smallest absolute Gasteiger partial charge is 0.167 e. The van der Waals surface area contributed by atoms with Crippen LogP contribution in [0.4, 0.5) is 13.2 Å². The standard InChI is InChI=1S/C16H13F3O/c1-9-6-11(17)7-10(2)16(9)15(20)8-12-13(18)4-3-5-14(12)19/h3-7H,8H2,1-2H3. The summed E-state index contributed by atoms with van der Waals surface area (Å²) in [5.74, 6) is -2.37. The fourth-order valence-electron chi connectivity index (χ4n) is 2.30. The molecule has 1 nitrogen and oxygen atoms in total. The molecule has 2 aromatic carbocycles. The minimum Gasteiger partial charge on any atom is -0.294 e. The lowest BCUT2D eigenvalue weighted by molar-refractivity contribution is 0.0989. The van der Waals surface area contributed by atoms with Crippen LogP contribution in [0.1, 0.15) is 27.0 Å². The Labute approximate surface area is 115 Å². The van der Waals surface area contributed by atoms with Gasteiger partial charge in [-0.1, -0.05) is 6.07 Å². The third-order valence-corrected chi connectivity index (χ3v) is 3.18. The Morgan fingerprint density at radius 3 is 2.00 bits per heavy atom. The number of ketones is 1. The number of benzene rings is 2. The van der Waals surface area contributed by atoms with Crippen molar-refractivity contribution in [2.45, 2.75) is 20.3 Å². The van der Waals surface area contributed by atoms with Crippen molar-refractivity contribution in [1.82, 2.24) is 0 Å². The summed E-state index contributed by atoms with van der Waals surface area (Å²) in [5.41, 5.74) is 0.975. The number of hydrogen-bond acceptors (Lipinski definition) is 1. The summed E-state index contributed by atoms with van der Waals surface area (Å²) in [6.07, 6.45) is -0.383. The van der Waals surface area contributed by atoms with E-state index in [-0.39, 0.29) is 12.0 Å². The number of halogens is 3. The minimum atomic E-state index is -0.754. The maximum Gasteiger partial charge on any atom is 0.167 e. The van der Waals surface area contributed by atoms with Crippen LogP contribution in [0.15, 0.2) is 30.3 Å². The molecule has 0 aliphatic carbocycles. The summed E-state index contributed by atoms with van der Waals surface area (Å²) in [7, 11) is 0. The molecule has 0 spiro atoms. The van der Waals surface area contributed by atoms with Crippen molar-refractivity contribution < 1.29 is 18.0 Å². The Kier molecular flexibility index (Phi) is 3.93. The molecule has 0 saturated carbocycles. The van der Waals surface area contributed by atoms with Gasteiger partial charge in [0.1, 0.15) is 17.5 Å². The molecule has 0 N–H and O–H groups in total. The van der Waals surface area contributed by atoms with Crippen LogP contribution in [-0.2, 0) is 6.42 Å². The molecule has 4 heteroatoms. The lowest BCUT2D eigenvalue weighted by Gasteiger charge is -2.10. The van der Waals surface area contributed by atoms with Gasteiger partial charge in [0.2, 0.25) is 0 Å². The quantitative estimate of drug-likeness (QED) is 0.771. The molecule has 0 aliphatic heterocycles. The average Bonchev–Trinajstić information content (AvgIpc) is 2.32. The highest BCUT2D eigenvalue weighted by Crippen LogP contribution is 2.20. The van der Waals surface area contributed by atoms with E-state index in [1.165, 1.54) is 18.2 Å². The van der Waals surface area contributed by atoms with Gasteiger partial charge < -0.3 is 0 Å². The summed E-state index contributed by atoms with van der Waals surface area (Å²) < 4.78 is 40.3. The molecule has 0 unspecified atom stereocenters. The van der Waals surface area contributed by atoms with Gasteiger partial charge in [0.25, 0.3) is 0 Å². The van der Waals surface area contributed by atoms with Gasteiger partial charge >= 0.3 is 0 Å². The molecule has 0 fully saturated rings. The monoisotopic (exact) mass is 278 g/mol. The van der Waals surface area contributed by atoms with E-state index in [4.69, 9.17) is 0 Å². The van der Waals surface area contributed by atoms with Crippen LogP contribution >= 0.6 is 0 Å². The first-order valence-corrected chi connectivity index (χ1v) is 6.13. The molecule has 0 amide bonds. The van der Waals surface area contributed by atoms with E-state index < -0.39 is 23.2 Å². The summed E-state index contributed by atoms with van der Waals surface area (Å²) >= 11 is 0. The average molecular weight is 278 g/mol. The van der Waals surface area contributed by atoms with Gasteiger partial charge in [-0.3, -0.25) is 4.79 Å². The van der Waals surface area contributed by atoms with Crippen molar-refractivity contribution in [3.8, 4) is 0 Å². The van der Waals surface area contributed by atoms with Crippen LogP contribution in [0.3, 0.4) is 0 Å². The number of carbonyl (C=O) groups is 1. The van der Waals surface area contributed by atoms with E-state index in [0.717, 1.165) is 12.1 Å². The predicted molar refractivity (Wildman–Crippen MR) is 70.3 cm³/mol. The van der Waals surface area contributed by atoms with Gasteiger partial charge in [0.15, 0.2) is 5.78 Å². The van der Waals surface area contributed by atoms with E-state index >= 15 is 0 Å². The first kappa shape index (κ1) is 14.3. The molecule has 2 aromatic rings. The molecule has 20 heavy (non-hydrogen) atoms. The van der Waals surface area contributed by atoms with Crippen LogP contribution in [0, 0.1) is 31.3 Å². The van der Waals surface area contributed by atoms with Crippen LogP contribution in [0.5, 0.6) is 0 Å². The van der Waals surface area contributed by atoms with Crippen molar-refractivity contribution in [3.63, 3.8) is 0 Å². The van der Waals surface area contributed by atoms with E-state index in [1.54, 1.807) is 13.8 Å². The predicted octanol–water partition coefficient (Wildman–Crippen LogP) is 4.15. The zero-order valence-corrected chi connectivity index (χ0v) is 11.1. The molecular weight excluding hydrogens is 265 g/mol. The van der Waals surface area contributed by atoms with Gasteiger partial charge in [-0.2, -0.15) is 0 Å².